The van der Waals surface area contributed by atoms with Crippen LogP contribution < -0.4 is 11.3 Å². The van der Waals surface area contributed by atoms with Gasteiger partial charge < -0.3 is 20.9 Å². The van der Waals surface area contributed by atoms with E-state index in [1.165, 1.54) is 12.1 Å². The second-order valence-corrected chi connectivity index (χ2v) is 5.06. The molecule has 0 fully saturated rings. The predicted octanol–water partition coefficient (Wildman–Crippen LogP) is 1.49. The molecule has 130 valence electrons. The van der Waals surface area contributed by atoms with Crippen LogP contribution in [0.3, 0.4) is 0 Å². The number of aromatic nitrogens is 1. The second-order valence-electron chi connectivity index (χ2n) is 5.06. The summed E-state index contributed by atoms with van der Waals surface area (Å²) >= 11 is 0. The molecule has 0 saturated heterocycles. The zero-order valence-electron chi connectivity index (χ0n) is 12.9. The summed E-state index contributed by atoms with van der Waals surface area (Å²) in [4.78, 5) is 47.4. The first kappa shape index (κ1) is 17.7. The van der Waals surface area contributed by atoms with Crippen LogP contribution in [-0.4, -0.2) is 32.1 Å². The lowest BCUT2D eigenvalue weighted by Gasteiger charge is -2.12. The summed E-state index contributed by atoms with van der Waals surface area (Å²) in [5, 5.41) is 29.9. The molecule has 0 amide bonds. The molecule has 0 aliphatic heterocycles. The lowest BCUT2D eigenvalue weighted by molar-refractivity contribution is -0.385. The Morgan fingerprint density at radius 2 is 1.84 bits per heavy atom. The van der Waals surface area contributed by atoms with Crippen LogP contribution >= 0.6 is 0 Å². The van der Waals surface area contributed by atoms with Gasteiger partial charge in [0.15, 0.2) is 0 Å². The summed E-state index contributed by atoms with van der Waals surface area (Å²) in [7, 11) is 0. The van der Waals surface area contributed by atoms with Gasteiger partial charge in [0.25, 0.3) is 11.2 Å². The number of hydrogen-bond donors (Lipinski definition) is 4. The first-order valence-electron chi connectivity index (χ1n) is 6.99. The van der Waals surface area contributed by atoms with E-state index in [0.717, 1.165) is 6.07 Å². The van der Waals surface area contributed by atoms with Gasteiger partial charge in [-0.1, -0.05) is 19.1 Å². The molecule has 0 saturated carbocycles. The number of anilines is 1. The molecule has 1 aromatic heterocycles. The molecule has 1 aromatic carbocycles. The highest BCUT2D eigenvalue weighted by Gasteiger charge is 2.27. The van der Waals surface area contributed by atoms with E-state index < -0.39 is 44.9 Å². The third-order valence-corrected chi connectivity index (χ3v) is 3.62. The average Bonchev–Trinajstić information content (AvgIpc) is 2.52. The molecule has 2 aromatic rings. The highest BCUT2D eigenvalue weighted by atomic mass is 16.6. The van der Waals surface area contributed by atoms with Crippen molar-refractivity contribution in [1.82, 2.24) is 4.98 Å². The molecule has 0 aliphatic rings. The Hall–Kier alpha value is -3.69. The number of nitro benzene ring substituents is 1. The summed E-state index contributed by atoms with van der Waals surface area (Å²) in [6.45, 7) is 1.69. The number of carboxylic acids is 2. The van der Waals surface area contributed by atoms with Crippen molar-refractivity contribution in [3.63, 3.8) is 0 Å². The highest BCUT2D eigenvalue weighted by Crippen LogP contribution is 2.33. The minimum atomic E-state index is -1.68. The Balaban J connectivity index is 2.98. The number of nitrogens with one attached hydrogen (secondary N) is 1. The number of rotatable bonds is 5. The minimum absolute atomic E-state index is 0.100. The third-order valence-electron chi connectivity index (χ3n) is 3.62. The van der Waals surface area contributed by atoms with E-state index in [0.29, 0.717) is 12.0 Å². The Labute approximate surface area is 139 Å². The molecular formula is C15H13N3O7. The molecule has 0 spiro atoms. The number of pyridine rings is 1. The fourth-order valence-corrected chi connectivity index (χ4v) is 2.52. The standard InChI is InChI=1S/C15H13N3O7/c1-2-6-3-4-7(5-8(6)18(24)25)9-10(14(20)21)12(16)17-13(19)11(9)15(22)23/h3-5H,2H2,1H3,(H,20,21)(H,22,23)(H3,16,17,19). The number of aromatic carboxylic acids is 2. The largest absolute Gasteiger partial charge is 0.478 e. The molecule has 0 radical (unpaired) electrons. The second kappa shape index (κ2) is 6.43. The van der Waals surface area contributed by atoms with Crippen LogP contribution in [-0.2, 0) is 6.42 Å². The number of benzene rings is 1. The van der Waals surface area contributed by atoms with Crippen LogP contribution in [0.4, 0.5) is 11.5 Å². The number of H-pyrrole nitrogens is 1. The quantitative estimate of drug-likeness (QED) is 0.464. The van der Waals surface area contributed by atoms with Crippen LogP contribution in [0, 0.1) is 10.1 Å². The molecule has 2 rings (SSSR count). The number of nitrogens with zero attached hydrogens (tertiary/aromatic N) is 1. The minimum Gasteiger partial charge on any atom is -0.478 e. The van der Waals surface area contributed by atoms with Gasteiger partial charge in [-0.05, 0) is 12.0 Å². The third kappa shape index (κ3) is 3.04. The number of aryl methyl sites for hydroxylation is 1. The Morgan fingerprint density at radius 3 is 2.32 bits per heavy atom. The molecular weight excluding hydrogens is 334 g/mol. The number of aromatic amines is 1. The topological polar surface area (TPSA) is 177 Å². The Morgan fingerprint density at radius 1 is 1.24 bits per heavy atom. The van der Waals surface area contributed by atoms with E-state index in [4.69, 9.17) is 5.73 Å². The van der Waals surface area contributed by atoms with Crippen LogP contribution in [0.5, 0.6) is 0 Å². The number of nitro groups is 1. The lowest BCUT2D eigenvalue weighted by Crippen LogP contribution is -2.24. The number of carbonyl (C=O) groups is 2. The molecule has 1 heterocycles. The van der Waals surface area contributed by atoms with Gasteiger partial charge in [0.2, 0.25) is 0 Å². The number of hydrogen-bond acceptors (Lipinski definition) is 6. The first-order valence-corrected chi connectivity index (χ1v) is 6.99. The van der Waals surface area contributed by atoms with Crippen molar-refractivity contribution in [3.8, 4) is 11.1 Å². The highest BCUT2D eigenvalue weighted by molar-refractivity contribution is 6.07. The average molecular weight is 347 g/mol. The summed E-state index contributed by atoms with van der Waals surface area (Å²) in [6, 6.07) is 3.73. The SMILES string of the molecule is CCc1ccc(-c2c(C(=O)O)c(N)[nH]c(=O)c2C(=O)O)cc1[N+](=O)[O-]. The summed E-state index contributed by atoms with van der Waals surface area (Å²) in [5.74, 6) is -3.80. The zero-order chi connectivity index (χ0) is 18.9. The lowest BCUT2D eigenvalue weighted by atomic mass is 9.93. The Kier molecular flexibility index (Phi) is 4.54. The first-order chi connectivity index (χ1) is 11.7. The molecule has 10 nitrogen and oxygen atoms in total. The maximum absolute atomic E-state index is 11.9. The number of nitrogen functional groups attached to an aromatic ring is 1. The molecule has 25 heavy (non-hydrogen) atoms. The zero-order valence-corrected chi connectivity index (χ0v) is 12.9. The fourth-order valence-electron chi connectivity index (χ4n) is 2.52. The predicted molar refractivity (Wildman–Crippen MR) is 86.9 cm³/mol. The molecule has 0 aliphatic carbocycles. The maximum Gasteiger partial charge on any atom is 0.342 e. The van der Waals surface area contributed by atoms with Gasteiger partial charge >= 0.3 is 11.9 Å². The molecule has 10 heteroatoms. The van der Waals surface area contributed by atoms with Gasteiger partial charge in [-0.15, -0.1) is 0 Å². The smallest absolute Gasteiger partial charge is 0.342 e. The van der Waals surface area contributed by atoms with E-state index in [1.54, 1.807) is 6.92 Å². The van der Waals surface area contributed by atoms with Crippen LogP contribution in [0.15, 0.2) is 23.0 Å². The van der Waals surface area contributed by atoms with Gasteiger partial charge in [0, 0.05) is 17.2 Å². The van der Waals surface area contributed by atoms with Gasteiger partial charge in [0.1, 0.15) is 16.9 Å². The monoisotopic (exact) mass is 347 g/mol. The van der Waals surface area contributed by atoms with E-state index >= 15 is 0 Å². The number of nitrogens with two attached hydrogens (primary N) is 1. The summed E-state index contributed by atoms with van der Waals surface area (Å²) in [5.41, 5.74) is 2.40. The van der Waals surface area contributed by atoms with Crippen molar-refractivity contribution in [2.24, 2.45) is 0 Å². The maximum atomic E-state index is 11.9. The van der Waals surface area contributed by atoms with Gasteiger partial charge in [-0.2, -0.15) is 0 Å². The van der Waals surface area contributed by atoms with Crippen molar-refractivity contribution in [2.75, 3.05) is 5.73 Å². The normalized spacial score (nSPS) is 10.4. The van der Waals surface area contributed by atoms with Crippen molar-refractivity contribution in [1.29, 1.82) is 0 Å². The Bertz CT molecular complexity index is 962. The van der Waals surface area contributed by atoms with Crippen molar-refractivity contribution in [2.45, 2.75) is 13.3 Å². The number of carboxylic acid groups (broad SMARTS) is 2. The van der Waals surface area contributed by atoms with Crippen LogP contribution in [0.2, 0.25) is 0 Å². The van der Waals surface area contributed by atoms with E-state index in [1.807, 2.05) is 4.98 Å². The fraction of sp³-hybridized carbons (Fsp3) is 0.133. The van der Waals surface area contributed by atoms with Crippen LogP contribution in [0.25, 0.3) is 11.1 Å². The molecule has 0 bridgehead atoms. The van der Waals surface area contributed by atoms with Gasteiger partial charge in [0.05, 0.1) is 4.92 Å². The van der Waals surface area contributed by atoms with Crippen LogP contribution in [0.1, 0.15) is 33.2 Å². The molecule has 0 unspecified atom stereocenters. The molecule has 5 N–H and O–H groups in total. The van der Waals surface area contributed by atoms with Crippen molar-refractivity contribution < 1.29 is 24.7 Å². The van der Waals surface area contributed by atoms with Gasteiger partial charge in [-0.25, -0.2) is 9.59 Å². The summed E-state index contributed by atoms with van der Waals surface area (Å²) < 4.78 is 0. The molecule has 0 atom stereocenters. The summed E-state index contributed by atoms with van der Waals surface area (Å²) in [6.07, 6.45) is 0.339. The van der Waals surface area contributed by atoms with Gasteiger partial charge in [-0.3, -0.25) is 14.9 Å². The van der Waals surface area contributed by atoms with E-state index in [2.05, 4.69) is 0 Å². The van der Waals surface area contributed by atoms with Crippen molar-refractivity contribution in [3.05, 3.63) is 55.4 Å². The van der Waals surface area contributed by atoms with E-state index in [9.17, 15) is 34.7 Å². The van der Waals surface area contributed by atoms with Crippen molar-refractivity contribution >= 4 is 23.4 Å². The van der Waals surface area contributed by atoms with E-state index in [-0.39, 0.29) is 11.3 Å².